The third-order valence-corrected chi connectivity index (χ3v) is 5.17. The van der Waals surface area contributed by atoms with E-state index in [2.05, 4.69) is 41.2 Å². The van der Waals surface area contributed by atoms with Crippen LogP contribution in [0.1, 0.15) is 41.8 Å². The standard InChI is InChI=1S/C21H26N4O4/c1-14-7-15(2)12-24(11-14)13-17-5-3-16(4-6-17)9-22-20(26)18-8-19(25(28)29)21(27)23-10-18/h3-6,8,10,14-15H,7,9,11-13H2,1-2H3,(H,22,26)(H,23,27). The van der Waals surface area contributed by atoms with Gasteiger partial charge >= 0.3 is 11.2 Å². The van der Waals surface area contributed by atoms with Crippen LogP contribution in [0.5, 0.6) is 0 Å². The average molecular weight is 398 g/mol. The van der Waals surface area contributed by atoms with Crippen molar-refractivity contribution in [2.24, 2.45) is 11.8 Å². The first-order valence-electron chi connectivity index (χ1n) is 9.77. The SMILES string of the molecule is CC1CC(C)CN(Cc2ccc(CNC(=O)c3c[nH]c(=O)c([N+](=O)[O-])c3)cc2)C1. The molecule has 2 unspecified atom stereocenters. The lowest BCUT2D eigenvalue weighted by atomic mass is 9.91. The second-order valence-electron chi connectivity index (χ2n) is 8.00. The number of nitro groups is 1. The van der Waals surface area contributed by atoms with Gasteiger partial charge in [-0.05, 0) is 29.4 Å². The molecule has 3 rings (SSSR count). The zero-order valence-electron chi connectivity index (χ0n) is 16.7. The summed E-state index contributed by atoms with van der Waals surface area (Å²) < 4.78 is 0. The van der Waals surface area contributed by atoms with Crippen molar-refractivity contribution in [3.05, 3.63) is 73.7 Å². The van der Waals surface area contributed by atoms with Crippen molar-refractivity contribution in [1.29, 1.82) is 0 Å². The zero-order valence-corrected chi connectivity index (χ0v) is 16.7. The first-order chi connectivity index (χ1) is 13.8. The minimum Gasteiger partial charge on any atom is -0.348 e. The molecule has 1 aliphatic rings. The van der Waals surface area contributed by atoms with E-state index in [9.17, 15) is 19.7 Å². The summed E-state index contributed by atoms with van der Waals surface area (Å²) in [5.41, 5.74) is 0.725. The Morgan fingerprint density at radius 3 is 2.45 bits per heavy atom. The van der Waals surface area contributed by atoms with Gasteiger partial charge < -0.3 is 10.3 Å². The lowest BCUT2D eigenvalue weighted by molar-refractivity contribution is -0.386. The number of rotatable bonds is 6. The van der Waals surface area contributed by atoms with E-state index in [4.69, 9.17) is 0 Å². The van der Waals surface area contributed by atoms with Crippen molar-refractivity contribution in [2.75, 3.05) is 13.1 Å². The van der Waals surface area contributed by atoms with E-state index in [1.165, 1.54) is 18.2 Å². The first kappa shape index (κ1) is 20.7. The van der Waals surface area contributed by atoms with Gasteiger partial charge in [0.2, 0.25) is 0 Å². The summed E-state index contributed by atoms with van der Waals surface area (Å²) in [6, 6.07) is 9.06. The van der Waals surface area contributed by atoms with Gasteiger partial charge in [-0.2, -0.15) is 0 Å². The van der Waals surface area contributed by atoms with Gasteiger partial charge in [0, 0.05) is 38.4 Å². The van der Waals surface area contributed by atoms with Gasteiger partial charge in [0.15, 0.2) is 0 Å². The molecule has 8 heteroatoms. The Bertz CT molecular complexity index is 928. The third-order valence-electron chi connectivity index (χ3n) is 5.17. The molecular weight excluding hydrogens is 372 g/mol. The molecule has 29 heavy (non-hydrogen) atoms. The molecule has 1 aromatic carbocycles. The number of likely N-dealkylation sites (tertiary alicyclic amines) is 1. The van der Waals surface area contributed by atoms with Crippen LogP contribution in [0.25, 0.3) is 0 Å². The van der Waals surface area contributed by atoms with Crippen molar-refractivity contribution >= 4 is 11.6 Å². The molecule has 1 aromatic heterocycles. The fourth-order valence-electron chi connectivity index (χ4n) is 3.96. The number of amides is 1. The molecule has 8 nitrogen and oxygen atoms in total. The van der Waals surface area contributed by atoms with Crippen molar-refractivity contribution in [1.82, 2.24) is 15.2 Å². The van der Waals surface area contributed by atoms with Crippen LogP contribution in [0.2, 0.25) is 0 Å². The Morgan fingerprint density at radius 2 is 1.83 bits per heavy atom. The number of hydrogen-bond acceptors (Lipinski definition) is 5. The molecule has 2 atom stereocenters. The third kappa shape index (κ3) is 5.51. The number of H-pyrrole nitrogens is 1. The van der Waals surface area contributed by atoms with Gasteiger partial charge in [-0.15, -0.1) is 0 Å². The van der Waals surface area contributed by atoms with Gasteiger partial charge in [0.25, 0.3) is 5.91 Å². The number of carbonyl (C=O) groups is 1. The van der Waals surface area contributed by atoms with Crippen LogP contribution >= 0.6 is 0 Å². The number of piperidine rings is 1. The summed E-state index contributed by atoms with van der Waals surface area (Å²) in [6.07, 6.45) is 2.46. The second kappa shape index (κ2) is 9.00. The molecule has 1 fully saturated rings. The summed E-state index contributed by atoms with van der Waals surface area (Å²) in [5, 5.41) is 13.6. The van der Waals surface area contributed by atoms with Gasteiger partial charge in [-0.25, -0.2) is 0 Å². The highest BCUT2D eigenvalue weighted by molar-refractivity contribution is 5.94. The maximum atomic E-state index is 12.2. The number of nitrogens with zero attached hydrogens (tertiary/aromatic N) is 2. The van der Waals surface area contributed by atoms with E-state index >= 15 is 0 Å². The molecule has 0 bridgehead atoms. The lowest BCUT2D eigenvalue weighted by Crippen LogP contribution is -2.38. The Hall–Kier alpha value is -3.00. The highest BCUT2D eigenvalue weighted by atomic mass is 16.6. The fraction of sp³-hybridized carbons (Fsp3) is 0.429. The van der Waals surface area contributed by atoms with E-state index in [1.54, 1.807) is 0 Å². The average Bonchev–Trinajstić information content (AvgIpc) is 2.66. The van der Waals surface area contributed by atoms with E-state index in [0.717, 1.165) is 43.1 Å². The fourth-order valence-corrected chi connectivity index (χ4v) is 3.96. The molecule has 1 amide bonds. The van der Waals surface area contributed by atoms with E-state index < -0.39 is 22.1 Å². The van der Waals surface area contributed by atoms with E-state index in [0.29, 0.717) is 6.54 Å². The number of aromatic amines is 1. The Labute approximate surface area is 169 Å². The Morgan fingerprint density at radius 1 is 1.21 bits per heavy atom. The normalized spacial score (nSPS) is 19.7. The van der Waals surface area contributed by atoms with E-state index in [-0.39, 0.29) is 5.56 Å². The molecular formula is C21H26N4O4. The molecule has 0 radical (unpaired) electrons. The molecule has 154 valence electrons. The molecule has 2 N–H and O–H groups in total. The van der Waals surface area contributed by atoms with Crippen LogP contribution in [0.4, 0.5) is 5.69 Å². The number of carbonyl (C=O) groups excluding carboxylic acids is 1. The van der Waals surface area contributed by atoms with Gasteiger partial charge in [-0.3, -0.25) is 24.6 Å². The van der Waals surface area contributed by atoms with Crippen LogP contribution < -0.4 is 10.9 Å². The quantitative estimate of drug-likeness (QED) is 0.574. The minimum atomic E-state index is -0.834. The molecule has 1 saturated heterocycles. The van der Waals surface area contributed by atoms with Crippen LogP contribution in [-0.2, 0) is 13.1 Å². The lowest BCUT2D eigenvalue weighted by Gasteiger charge is -2.35. The predicted molar refractivity (Wildman–Crippen MR) is 110 cm³/mol. The molecule has 0 spiro atoms. The number of benzene rings is 1. The highest BCUT2D eigenvalue weighted by Crippen LogP contribution is 2.22. The summed E-state index contributed by atoms with van der Waals surface area (Å²) >= 11 is 0. The van der Waals surface area contributed by atoms with Crippen molar-refractivity contribution in [2.45, 2.75) is 33.4 Å². The summed E-state index contributed by atoms with van der Waals surface area (Å²) in [7, 11) is 0. The van der Waals surface area contributed by atoms with Gasteiger partial charge in [0.05, 0.1) is 10.5 Å². The Kier molecular flexibility index (Phi) is 6.43. The number of aromatic nitrogens is 1. The summed E-state index contributed by atoms with van der Waals surface area (Å²) in [5.74, 6) is 0.957. The smallest absolute Gasteiger partial charge is 0.334 e. The number of pyridine rings is 1. The number of hydrogen-bond donors (Lipinski definition) is 2. The second-order valence-corrected chi connectivity index (χ2v) is 8.00. The van der Waals surface area contributed by atoms with E-state index in [1.807, 2.05) is 12.1 Å². The Balaban J connectivity index is 1.56. The van der Waals surface area contributed by atoms with Crippen LogP contribution in [0.3, 0.4) is 0 Å². The maximum Gasteiger partial charge on any atom is 0.334 e. The molecule has 1 aliphatic heterocycles. The topological polar surface area (TPSA) is 108 Å². The van der Waals surface area contributed by atoms with Crippen LogP contribution in [0, 0.1) is 22.0 Å². The summed E-state index contributed by atoms with van der Waals surface area (Å²) in [6.45, 7) is 8.05. The molecule has 0 saturated carbocycles. The highest BCUT2D eigenvalue weighted by Gasteiger charge is 2.21. The largest absolute Gasteiger partial charge is 0.348 e. The van der Waals surface area contributed by atoms with Gasteiger partial charge in [-0.1, -0.05) is 38.1 Å². The van der Waals surface area contributed by atoms with Crippen molar-refractivity contribution < 1.29 is 9.72 Å². The minimum absolute atomic E-state index is 0.0428. The monoisotopic (exact) mass is 398 g/mol. The molecule has 2 heterocycles. The van der Waals surface area contributed by atoms with Crippen molar-refractivity contribution in [3.63, 3.8) is 0 Å². The van der Waals surface area contributed by atoms with Gasteiger partial charge in [0.1, 0.15) is 0 Å². The van der Waals surface area contributed by atoms with Crippen molar-refractivity contribution in [3.8, 4) is 0 Å². The molecule has 2 aromatic rings. The van der Waals surface area contributed by atoms with Crippen LogP contribution in [0.15, 0.2) is 41.3 Å². The first-order valence-corrected chi connectivity index (χ1v) is 9.77. The molecule has 0 aliphatic carbocycles. The maximum absolute atomic E-state index is 12.2. The summed E-state index contributed by atoms with van der Waals surface area (Å²) in [4.78, 5) is 38.4. The zero-order chi connectivity index (χ0) is 21.0. The van der Waals surface area contributed by atoms with Crippen LogP contribution in [-0.4, -0.2) is 33.8 Å². The predicted octanol–water partition coefficient (Wildman–Crippen LogP) is 2.69. The number of nitrogens with one attached hydrogen (secondary N) is 2.